The summed E-state index contributed by atoms with van der Waals surface area (Å²) in [6, 6.07) is 3.34. The van der Waals surface area contributed by atoms with E-state index in [1.54, 1.807) is 12.1 Å². The lowest BCUT2D eigenvalue weighted by Gasteiger charge is -2.42. The highest BCUT2D eigenvalue weighted by molar-refractivity contribution is 9.10. The molecule has 0 heterocycles. The molecule has 3 heteroatoms. The van der Waals surface area contributed by atoms with Crippen molar-refractivity contribution in [3.05, 3.63) is 33.5 Å². The Morgan fingerprint density at radius 2 is 2.13 bits per heavy atom. The standard InChI is InChI=1S/C12H15BrFN/c1-8-3-4-9(14)10(11(8)13)12(7-15)5-2-6-12/h3-4H,2,5-7,15H2,1H3. The molecule has 0 atom stereocenters. The number of nitrogens with two attached hydrogens (primary N) is 1. The van der Waals surface area contributed by atoms with Crippen LogP contribution in [0.2, 0.25) is 0 Å². The summed E-state index contributed by atoms with van der Waals surface area (Å²) in [7, 11) is 0. The van der Waals surface area contributed by atoms with Gasteiger partial charge < -0.3 is 5.73 Å². The van der Waals surface area contributed by atoms with Crippen LogP contribution < -0.4 is 5.73 Å². The second-order valence-corrected chi connectivity index (χ2v) is 5.18. The molecule has 1 aliphatic carbocycles. The number of rotatable bonds is 2. The topological polar surface area (TPSA) is 26.0 Å². The Balaban J connectivity index is 2.55. The van der Waals surface area contributed by atoms with Gasteiger partial charge in [0.25, 0.3) is 0 Å². The fourth-order valence-corrected chi connectivity index (χ4v) is 3.04. The number of aryl methyl sites for hydroxylation is 1. The van der Waals surface area contributed by atoms with Crippen molar-refractivity contribution in [2.24, 2.45) is 5.73 Å². The Labute approximate surface area is 98.0 Å². The SMILES string of the molecule is Cc1ccc(F)c(C2(CN)CCC2)c1Br. The molecule has 1 aromatic rings. The van der Waals surface area contributed by atoms with Gasteiger partial charge in [-0.3, -0.25) is 0 Å². The molecular weight excluding hydrogens is 257 g/mol. The molecule has 1 fully saturated rings. The molecule has 1 aromatic carbocycles. The van der Waals surface area contributed by atoms with Crippen LogP contribution in [-0.2, 0) is 5.41 Å². The molecule has 0 amide bonds. The van der Waals surface area contributed by atoms with Gasteiger partial charge >= 0.3 is 0 Å². The van der Waals surface area contributed by atoms with E-state index >= 15 is 0 Å². The first-order valence-corrected chi connectivity index (χ1v) is 6.05. The molecule has 0 saturated heterocycles. The van der Waals surface area contributed by atoms with Crippen molar-refractivity contribution in [3.63, 3.8) is 0 Å². The van der Waals surface area contributed by atoms with Crippen LogP contribution in [0.5, 0.6) is 0 Å². The molecule has 82 valence electrons. The maximum Gasteiger partial charge on any atom is 0.128 e. The zero-order valence-corrected chi connectivity index (χ0v) is 10.4. The van der Waals surface area contributed by atoms with Gasteiger partial charge in [-0.25, -0.2) is 4.39 Å². The molecule has 1 nitrogen and oxygen atoms in total. The van der Waals surface area contributed by atoms with Crippen molar-refractivity contribution in [1.29, 1.82) is 0 Å². The molecule has 0 unspecified atom stereocenters. The van der Waals surface area contributed by atoms with Gasteiger partial charge in [0.2, 0.25) is 0 Å². The second-order valence-electron chi connectivity index (χ2n) is 4.39. The monoisotopic (exact) mass is 271 g/mol. The first kappa shape index (κ1) is 11.1. The molecule has 0 aromatic heterocycles. The summed E-state index contributed by atoms with van der Waals surface area (Å²) >= 11 is 3.49. The van der Waals surface area contributed by atoms with Crippen molar-refractivity contribution in [2.75, 3.05) is 6.54 Å². The van der Waals surface area contributed by atoms with Crippen molar-refractivity contribution in [3.8, 4) is 0 Å². The summed E-state index contributed by atoms with van der Waals surface area (Å²) in [5.41, 5.74) is 7.55. The van der Waals surface area contributed by atoms with E-state index in [1.807, 2.05) is 6.92 Å². The van der Waals surface area contributed by atoms with Gasteiger partial charge in [-0.05, 0) is 31.4 Å². The normalized spacial score (nSPS) is 18.7. The summed E-state index contributed by atoms with van der Waals surface area (Å²) < 4.78 is 14.7. The molecule has 0 bridgehead atoms. The van der Waals surface area contributed by atoms with Crippen molar-refractivity contribution in [2.45, 2.75) is 31.6 Å². The zero-order chi connectivity index (χ0) is 11.1. The largest absolute Gasteiger partial charge is 0.330 e. The zero-order valence-electron chi connectivity index (χ0n) is 8.82. The lowest BCUT2D eigenvalue weighted by atomic mass is 9.64. The van der Waals surface area contributed by atoms with Crippen molar-refractivity contribution in [1.82, 2.24) is 0 Å². The Hall–Kier alpha value is -0.410. The smallest absolute Gasteiger partial charge is 0.128 e. The lowest BCUT2D eigenvalue weighted by molar-refractivity contribution is 0.243. The summed E-state index contributed by atoms with van der Waals surface area (Å²) in [6.45, 7) is 2.52. The van der Waals surface area contributed by atoms with Crippen LogP contribution in [0.15, 0.2) is 16.6 Å². The third kappa shape index (κ3) is 1.62. The van der Waals surface area contributed by atoms with Gasteiger partial charge in [0.05, 0.1) is 0 Å². The molecule has 2 rings (SSSR count). The average Bonchev–Trinajstić information content (AvgIpc) is 2.16. The van der Waals surface area contributed by atoms with Crippen LogP contribution in [-0.4, -0.2) is 6.54 Å². The van der Waals surface area contributed by atoms with E-state index in [2.05, 4.69) is 15.9 Å². The molecule has 0 spiro atoms. The van der Waals surface area contributed by atoms with Crippen LogP contribution in [0.25, 0.3) is 0 Å². The van der Waals surface area contributed by atoms with Crippen LogP contribution in [0.1, 0.15) is 30.4 Å². The summed E-state index contributed by atoms with van der Waals surface area (Å²) in [6.07, 6.45) is 3.15. The fourth-order valence-electron chi connectivity index (χ4n) is 2.30. The number of hydrogen-bond donors (Lipinski definition) is 1. The minimum absolute atomic E-state index is 0.116. The molecule has 1 saturated carbocycles. The summed E-state index contributed by atoms with van der Waals surface area (Å²) in [4.78, 5) is 0. The molecular formula is C12H15BrFN. The third-order valence-electron chi connectivity index (χ3n) is 3.52. The predicted octanol–water partition coefficient (Wildman–Crippen LogP) is 3.28. The Bertz CT molecular complexity index is 380. The Morgan fingerprint density at radius 3 is 2.60 bits per heavy atom. The molecule has 0 radical (unpaired) electrons. The van der Waals surface area contributed by atoms with Gasteiger partial charge in [0.15, 0.2) is 0 Å². The van der Waals surface area contributed by atoms with E-state index in [-0.39, 0.29) is 11.2 Å². The van der Waals surface area contributed by atoms with E-state index in [0.717, 1.165) is 34.9 Å². The highest BCUT2D eigenvalue weighted by atomic mass is 79.9. The van der Waals surface area contributed by atoms with Gasteiger partial charge in [-0.1, -0.05) is 28.4 Å². The van der Waals surface area contributed by atoms with E-state index in [9.17, 15) is 4.39 Å². The average molecular weight is 272 g/mol. The van der Waals surface area contributed by atoms with E-state index in [4.69, 9.17) is 5.73 Å². The van der Waals surface area contributed by atoms with E-state index in [1.165, 1.54) is 0 Å². The highest BCUT2D eigenvalue weighted by Crippen LogP contribution is 2.47. The van der Waals surface area contributed by atoms with Gasteiger partial charge in [-0.15, -0.1) is 0 Å². The molecule has 1 aliphatic rings. The molecule has 15 heavy (non-hydrogen) atoms. The number of benzene rings is 1. The summed E-state index contributed by atoms with van der Waals surface area (Å²) in [5, 5.41) is 0. The lowest BCUT2D eigenvalue weighted by Crippen LogP contribution is -2.42. The third-order valence-corrected chi connectivity index (χ3v) is 4.54. The number of halogens is 2. The first-order chi connectivity index (χ1) is 7.10. The fraction of sp³-hybridized carbons (Fsp3) is 0.500. The number of hydrogen-bond acceptors (Lipinski definition) is 1. The predicted molar refractivity (Wildman–Crippen MR) is 63.4 cm³/mol. The molecule has 0 aliphatic heterocycles. The maximum atomic E-state index is 13.8. The Kier molecular flexibility index (Phi) is 2.86. The van der Waals surface area contributed by atoms with Crippen molar-refractivity contribution >= 4 is 15.9 Å². The highest BCUT2D eigenvalue weighted by Gasteiger charge is 2.40. The van der Waals surface area contributed by atoms with Crippen molar-refractivity contribution < 1.29 is 4.39 Å². The minimum atomic E-state index is -0.127. The summed E-state index contributed by atoms with van der Waals surface area (Å²) in [5.74, 6) is -0.127. The maximum absolute atomic E-state index is 13.8. The van der Waals surface area contributed by atoms with Crippen LogP contribution in [0, 0.1) is 12.7 Å². The van der Waals surface area contributed by atoms with E-state index in [0.29, 0.717) is 6.54 Å². The molecule has 2 N–H and O–H groups in total. The van der Waals surface area contributed by atoms with Crippen LogP contribution in [0.4, 0.5) is 4.39 Å². The van der Waals surface area contributed by atoms with Gasteiger partial charge in [0, 0.05) is 22.0 Å². The van der Waals surface area contributed by atoms with E-state index < -0.39 is 0 Å². The van der Waals surface area contributed by atoms with Gasteiger partial charge in [-0.2, -0.15) is 0 Å². The van der Waals surface area contributed by atoms with Gasteiger partial charge in [0.1, 0.15) is 5.82 Å². The van der Waals surface area contributed by atoms with Crippen LogP contribution in [0.3, 0.4) is 0 Å². The first-order valence-electron chi connectivity index (χ1n) is 5.26. The quantitative estimate of drug-likeness (QED) is 0.878. The minimum Gasteiger partial charge on any atom is -0.330 e. The second kappa shape index (κ2) is 3.87. The van der Waals surface area contributed by atoms with Crippen LogP contribution >= 0.6 is 15.9 Å². The Morgan fingerprint density at radius 1 is 1.47 bits per heavy atom.